The van der Waals surface area contributed by atoms with Gasteiger partial charge in [-0.2, -0.15) is 0 Å². The highest BCUT2D eigenvalue weighted by Crippen LogP contribution is 2.22. The molecule has 4 rings (SSSR count). The number of hydrogen-bond donors (Lipinski definition) is 0. The van der Waals surface area contributed by atoms with Crippen LogP contribution < -0.4 is 0 Å². The van der Waals surface area contributed by atoms with Crippen LogP contribution in [0, 0.1) is 6.92 Å². The van der Waals surface area contributed by atoms with E-state index in [9.17, 15) is 9.59 Å². The molecular formula is C27H29BrN2O3S. The molecule has 1 aliphatic rings. The van der Waals surface area contributed by atoms with E-state index in [4.69, 9.17) is 4.74 Å². The molecule has 2 aromatic carbocycles. The van der Waals surface area contributed by atoms with Gasteiger partial charge in [-0.3, -0.25) is 9.59 Å². The summed E-state index contributed by atoms with van der Waals surface area (Å²) in [5, 5.41) is 0. The number of thiophene rings is 1. The Morgan fingerprint density at radius 2 is 1.76 bits per heavy atom. The maximum Gasteiger partial charge on any atom is 0.255 e. The average molecular weight is 542 g/mol. The number of hydrogen-bond acceptors (Lipinski definition) is 4. The number of nitrogens with zero attached hydrogens (tertiary/aromatic N) is 2. The first kappa shape index (κ1) is 24.6. The second-order valence-electron chi connectivity index (χ2n) is 8.55. The molecule has 1 aromatic heterocycles. The van der Waals surface area contributed by atoms with Gasteiger partial charge in [0.15, 0.2) is 0 Å². The van der Waals surface area contributed by atoms with Crippen molar-refractivity contribution in [1.29, 1.82) is 0 Å². The molecule has 0 N–H and O–H groups in total. The fourth-order valence-electron chi connectivity index (χ4n) is 4.12. The minimum atomic E-state index is -0.164. The van der Waals surface area contributed by atoms with Crippen LogP contribution >= 0.6 is 27.3 Å². The van der Waals surface area contributed by atoms with Gasteiger partial charge in [0.1, 0.15) is 6.54 Å². The van der Waals surface area contributed by atoms with Crippen LogP contribution in [0.1, 0.15) is 38.5 Å². The Kier molecular flexibility index (Phi) is 8.53. The van der Waals surface area contributed by atoms with Crippen LogP contribution in [0.15, 0.2) is 71.2 Å². The Balaban J connectivity index is 1.56. The highest BCUT2D eigenvalue weighted by Gasteiger charge is 2.28. The molecule has 1 atom stereocenters. The number of aryl methyl sites for hydroxylation is 1. The third-order valence-electron chi connectivity index (χ3n) is 5.88. The zero-order chi connectivity index (χ0) is 23.9. The first-order valence-electron chi connectivity index (χ1n) is 11.5. The Labute approximate surface area is 213 Å². The first-order valence-corrected chi connectivity index (χ1v) is 13.1. The standard InChI is InChI=1S/C27H29BrN2O3S/c1-20-13-14-23(34-20)18-29(16-21-8-3-2-4-9-21)26(31)19-30(17-22-10-7-15-33-22)27(32)24-11-5-6-12-25(24)28/h2-6,8-9,11-14,22H,7,10,15-19H2,1H3. The van der Waals surface area contributed by atoms with Gasteiger partial charge in [-0.15, -0.1) is 11.3 Å². The van der Waals surface area contributed by atoms with E-state index in [0.717, 1.165) is 27.8 Å². The van der Waals surface area contributed by atoms with Gasteiger partial charge in [0.05, 0.1) is 18.2 Å². The van der Waals surface area contributed by atoms with Gasteiger partial charge in [-0.05, 0) is 65.5 Å². The zero-order valence-corrected chi connectivity index (χ0v) is 21.7. The van der Waals surface area contributed by atoms with Crippen LogP contribution in [0.2, 0.25) is 0 Å². The fourth-order valence-corrected chi connectivity index (χ4v) is 5.48. The number of amides is 2. The molecule has 3 aromatic rings. The lowest BCUT2D eigenvalue weighted by molar-refractivity contribution is -0.133. The summed E-state index contributed by atoms with van der Waals surface area (Å²) in [6.45, 7) is 4.20. The molecule has 1 unspecified atom stereocenters. The van der Waals surface area contributed by atoms with Gasteiger partial charge in [0.2, 0.25) is 5.91 Å². The monoisotopic (exact) mass is 540 g/mol. The number of halogens is 1. The Morgan fingerprint density at radius 3 is 2.44 bits per heavy atom. The summed E-state index contributed by atoms with van der Waals surface area (Å²) < 4.78 is 6.53. The molecule has 1 fully saturated rings. The third kappa shape index (κ3) is 6.56. The normalized spacial score (nSPS) is 15.3. The summed E-state index contributed by atoms with van der Waals surface area (Å²) in [5.41, 5.74) is 1.61. The molecule has 2 amide bonds. The van der Waals surface area contributed by atoms with Crippen molar-refractivity contribution in [2.75, 3.05) is 19.7 Å². The summed E-state index contributed by atoms with van der Waals surface area (Å²) >= 11 is 5.18. The fraction of sp³-hybridized carbons (Fsp3) is 0.333. The van der Waals surface area contributed by atoms with E-state index in [2.05, 4.69) is 35.0 Å². The number of benzene rings is 2. The lowest BCUT2D eigenvalue weighted by Crippen LogP contribution is -2.45. The molecule has 0 spiro atoms. The minimum absolute atomic E-state index is 0.0111. The Morgan fingerprint density at radius 1 is 1.00 bits per heavy atom. The van der Waals surface area contributed by atoms with Crippen LogP contribution in [0.25, 0.3) is 0 Å². The van der Waals surface area contributed by atoms with Gasteiger partial charge in [-0.1, -0.05) is 42.5 Å². The molecule has 5 nitrogen and oxygen atoms in total. The van der Waals surface area contributed by atoms with Crippen molar-refractivity contribution in [2.45, 2.75) is 39.0 Å². The maximum atomic E-state index is 13.6. The van der Waals surface area contributed by atoms with E-state index in [1.54, 1.807) is 22.3 Å². The summed E-state index contributed by atoms with van der Waals surface area (Å²) in [6, 6.07) is 21.5. The summed E-state index contributed by atoms with van der Waals surface area (Å²) in [4.78, 5) is 33.0. The minimum Gasteiger partial charge on any atom is -0.376 e. The van der Waals surface area contributed by atoms with E-state index in [0.29, 0.717) is 31.8 Å². The Bertz CT molecular complexity index is 1110. The quantitative estimate of drug-likeness (QED) is 0.351. The van der Waals surface area contributed by atoms with Crippen LogP contribution in [0.4, 0.5) is 0 Å². The molecule has 1 aliphatic heterocycles. The molecule has 2 heterocycles. The topological polar surface area (TPSA) is 49.9 Å². The SMILES string of the molecule is Cc1ccc(CN(Cc2ccccc2)C(=O)CN(CC2CCCO2)C(=O)c2ccccc2Br)s1. The van der Waals surface area contributed by atoms with Crippen molar-refractivity contribution >= 4 is 39.1 Å². The number of rotatable bonds is 9. The molecule has 7 heteroatoms. The van der Waals surface area contributed by atoms with Crippen molar-refractivity contribution in [3.63, 3.8) is 0 Å². The molecule has 0 saturated carbocycles. The molecule has 178 valence electrons. The van der Waals surface area contributed by atoms with Crippen LogP contribution in [-0.2, 0) is 22.6 Å². The smallest absolute Gasteiger partial charge is 0.255 e. The van der Waals surface area contributed by atoms with Crippen molar-refractivity contribution < 1.29 is 14.3 Å². The van der Waals surface area contributed by atoms with Crippen LogP contribution in [0.5, 0.6) is 0 Å². The van der Waals surface area contributed by atoms with E-state index in [1.165, 1.54) is 4.88 Å². The number of ether oxygens (including phenoxy) is 1. The van der Waals surface area contributed by atoms with E-state index < -0.39 is 0 Å². The van der Waals surface area contributed by atoms with Crippen molar-refractivity contribution in [2.24, 2.45) is 0 Å². The highest BCUT2D eigenvalue weighted by atomic mass is 79.9. The van der Waals surface area contributed by atoms with E-state index >= 15 is 0 Å². The first-order chi connectivity index (χ1) is 16.5. The second-order valence-corrected chi connectivity index (χ2v) is 10.8. The number of carbonyl (C=O) groups excluding carboxylic acids is 2. The van der Waals surface area contributed by atoms with Crippen molar-refractivity contribution in [1.82, 2.24) is 9.80 Å². The van der Waals surface area contributed by atoms with E-state index in [1.807, 2.05) is 53.4 Å². The van der Waals surface area contributed by atoms with Gasteiger partial charge in [0, 0.05) is 33.9 Å². The molecule has 0 bridgehead atoms. The summed E-state index contributed by atoms with van der Waals surface area (Å²) in [5.74, 6) is -0.240. The largest absolute Gasteiger partial charge is 0.376 e. The molecular weight excluding hydrogens is 512 g/mol. The maximum absolute atomic E-state index is 13.6. The lowest BCUT2D eigenvalue weighted by atomic mass is 10.1. The van der Waals surface area contributed by atoms with Crippen LogP contribution in [0.3, 0.4) is 0 Å². The van der Waals surface area contributed by atoms with Crippen LogP contribution in [-0.4, -0.2) is 47.4 Å². The zero-order valence-electron chi connectivity index (χ0n) is 19.3. The third-order valence-corrected chi connectivity index (χ3v) is 7.55. The van der Waals surface area contributed by atoms with Gasteiger partial charge < -0.3 is 14.5 Å². The van der Waals surface area contributed by atoms with Gasteiger partial charge in [0.25, 0.3) is 5.91 Å². The predicted octanol–water partition coefficient (Wildman–Crippen LogP) is 5.67. The predicted molar refractivity (Wildman–Crippen MR) is 139 cm³/mol. The van der Waals surface area contributed by atoms with Crippen molar-refractivity contribution in [3.8, 4) is 0 Å². The molecule has 0 radical (unpaired) electrons. The molecule has 0 aliphatic carbocycles. The summed E-state index contributed by atoms with van der Waals surface area (Å²) in [6.07, 6.45) is 1.84. The summed E-state index contributed by atoms with van der Waals surface area (Å²) in [7, 11) is 0. The Hall–Kier alpha value is -2.48. The van der Waals surface area contributed by atoms with Gasteiger partial charge in [-0.25, -0.2) is 0 Å². The lowest BCUT2D eigenvalue weighted by Gasteiger charge is -2.29. The highest BCUT2D eigenvalue weighted by molar-refractivity contribution is 9.10. The van der Waals surface area contributed by atoms with Crippen molar-refractivity contribution in [3.05, 3.63) is 92.1 Å². The second kappa shape index (κ2) is 11.8. The van der Waals surface area contributed by atoms with E-state index in [-0.39, 0.29) is 24.5 Å². The molecule has 1 saturated heterocycles. The van der Waals surface area contributed by atoms with Gasteiger partial charge >= 0.3 is 0 Å². The molecule has 34 heavy (non-hydrogen) atoms. The number of carbonyl (C=O) groups is 2. The average Bonchev–Trinajstić information content (AvgIpc) is 3.50.